The van der Waals surface area contributed by atoms with Crippen LogP contribution in [0.25, 0.3) is 22.6 Å². The fraction of sp³-hybridized carbons (Fsp3) is 0.385. The first-order valence-electron chi connectivity index (χ1n) is 6.74. The number of fused-ring (bicyclic) bond motifs is 1. The monoisotopic (exact) mass is 287 g/mol. The molecule has 21 heavy (non-hydrogen) atoms. The molecular weight excluding hydrogens is 270 g/mol. The maximum absolute atomic E-state index is 12.5. The minimum absolute atomic E-state index is 0.204. The number of hydrogen-bond donors (Lipinski definition) is 1. The molecule has 2 N–H and O–H groups in total. The fourth-order valence-corrected chi connectivity index (χ4v) is 2.40. The molecule has 8 nitrogen and oxygen atoms in total. The molecule has 0 fully saturated rings. The molecule has 3 aromatic rings. The Hall–Kier alpha value is -2.64. The minimum atomic E-state index is -0.204. The fourth-order valence-electron chi connectivity index (χ4n) is 2.40. The van der Waals surface area contributed by atoms with Crippen molar-refractivity contribution in [3.63, 3.8) is 0 Å². The van der Waals surface area contributed by atoms with Gasteiger partial charge in [-0.1, -0.05) is 6.92 Å². The summed E-state index contributed by atoms with van der Waals surface area (Å²) in [6.45, 7) is 2.52. The Morgan fingerprint density at radius 1 is 1.29 bits per heavy atom. The summed E-state index contributed by atoms with van der Waals surface area (Å²) in [5.74, 6) is 0.867. The van der Waals surface area contributed by atoms with Crippen LogP contribution in [-0.2, 0) is 20.6 Å². The maximum Gasteiger partial charge on any atom is 0.283 e. The molecule has 0 aromatic carbocycles. The van der Waals surface area contributed by atoms with Crippen molar-refractivity contribution < 1.29 is 0 Å². The molecule has 0 bridgehead atoms. The predicted molar refractivity (Wildman–Crippen MR) is 79.7 cm³/mol. The summed E-state index contributed by atoms with van der Waals surface area (Å²) in [6.07, 6.45) is 4.35. The summed E-state index contributed by atoms with van der Waals surface area (Å²) in [5, 5.41) is 4.13. The second-order valence-electron chi connectivity index (χ2n) is 5.00. The highest BCUT2D eigenvalue weighted by Gasteiger charge is 2.17. The average Bonchev–Trinajstić information content (AvgIpc) is 3.00. The van der Waals surface area contributed by atoms with Gasteiger partial charge in [0, 0.05) is 26.8 Å². The third kappa shape index (κ3) is 1.99. The van der Waals surface area contributed by atoms with E-state index < -0.39 is 0 Å². The van der Waals surface area contributed by atoms with E-state index in [0.29, 0.717) is 23.5 Å². The number of hydrogen-bond acceptors (Lipinski definition) is 5. The van der Waals surface area contributed by atoms with Gasteiger partial charge in [-0.3, -0.25) is 14.0 Å². The van der Waals surface area contributed by atoms with Gasteiger partial charge in [0.05, 0.1) is 11.8 Å². The van der Waals surface area contributed by atoms with Crippen LogP contribution in [0.2, 0.25) is 0 Å². The summed E-state index contributed by atoms with van der Waals surface area (Å²) < 4.78 is 4.91. The molecule has 110 valence electrons. The van der Waals surface area contributed by atoms with E-state index in [-0.39, 0.29) is 11.5 Å². The van der Waals surface area contributed by atoms with Crippen molar-refractivity contribution in [1.82, 2.24) is 28.9 Å². The van der Waals surface area contributed by atoms with Gasteiger partial charge in [-0.2, -0.15) is 10.1 Å². The van der Waals surface area contributed by atoms with E-state index in [1.807, 2.05) is 27.2 Å². The smallest absolute Gasteiger partial charge is 0.283 e. The topological polar surface area (TPSA) is 96.6 Å². The van der Waals surface area contributed by atoms with E-state index in [9.17, 15) is 4.79 Å². The van der Waals surface area contributed by atoms with Crippen molar-refractivity contribution in [3.8, 4) is 11.4 Å². The van der Waals surface area contributed by atoms with Gasteiger partial charge in [0.15, 0.2) is 11.2 Å². The molecule has 0 unspecified atom stereocenters. The minimum Gasteiger partial charge on any atom is -0.369 e. The van der Waals surface area contributed by atoms with E-state index in [1.165, 1.54) is 4.57 Å². The normalized spacial score (nSPS) is 11.4. The Kier molecular flexibility index (Phi) is 3.00. The van der Waals surface area contributed by atoms with Crippen molar-refractivity contribution in [2.45, 2.75) is 19.9 Å². The lowest BCUT2D eigenvalue weighted by Crippen LogP contribution is -2.24. The van der Waals surface area contributed by atoms with Crippen molar-refractivity contribution in [2.75, 3.05) is 5.73 Å². The summed E-state index contributed by atoms with van der Waals surface area (Å²) >= 11 is 0. The molecule has 0 aliphatic carbocycles. The van der Waals surface area contributed by atoms with Crippen LogP contribution in [-0.4, -0.2) is 28.9 Å². The molecule has 0 radical (unpaired) electrons. The zero-order valence-electron chi connectivity index (χ0n) is 12.2. The Bertz CT molecular complexity index is 871. The molecule has 0 saturated carbocycles. The van der Waals surface area contributed by atoms with Gasteiger partial charge < -0.3 is 10.3 Å². The number of nitrogens with zero attached hydrogens (tertiary/aromatic N) is 6. The third-order valence-corrected chi connectivity index (χ3v) is 3.42. The lowest BCUT2D eigenvalue weighted by molar-refractivity contribution is 0.657. The summed E-state index contributed by atoms with van der Waals surface area (Å²) in [5.41, 5.74) is 7.34. The van der Waals surface area contributed by atoms with E-state index in [0.717, 1.165) is 12.0 Å². The summed E-state index contributed by atoms with van der Waals surface area (Å²) in [6, 6.07) is 0. The maximum atomic E-state index is 12.5. The second-order valence-corrected chi connectivity index (χ2v) is 5.00. The largest absolute Gasteiger partial charge is 0.369 e. The van der Waals surface area contributed by atoms with Gasteiger partial charge in [0.1, 0.15) is 5.82 Å². The molecule has 8 heteroatoms. The predicted octanol–water partition coefficient (Wildman–Crippen LogP) is 0.523. The van der Waals surface area contributed by atoms with Gasteiger partial charge in [0.25, 0.3) is 5.56 Å². The highest BCUT2D eigenvalue weighted by atomic mass is 16.1. The Morgan fingerprint density at radius 3 is 2.67 bits per heavy atom. The number of aryl methyl sites for hydroxylation is 2. The Balaban J connectivity index is 2.29. The van der Waals surface area contributed by atoms with Gasteiger partial charge in [-0.15, -0.1) is 0 Å². The number of nitrogen functional groups attached to an aromatic ring is 1. The SMILES string of the molecule is CCCn1c(N)nc2c(nc(-c3cnn(C)c3)n2C)c1=O. The van der Waals surface area contributed by atoms with Gasteiger partial charge in [-0.05, 0) is 6.42 Å². The lowest BCUT2D eigenvalue weighted by atomic mass is 10.3. The summed E-state index contributed by atoms with van der Waals surface area (Å²) in [4.78, 5) is 21.2. The van der Waals surface area contributed by atoms with Crippen LogP contribution in [0, 0.1) is 0 Å². The van der Waals surface area contributed by atoms with Crippen LogP contribution in [0.1, 0.15) is 13.3 Å². The molecule has 0 amide bonds. The molecule has 0 aliphatic rings. The average molecular weight is 287 g/mol. The van der Waals surface area contributed by atoms with Crippen LogP contribution >= 0.6 is 0 Å². The zero-order chi connectivity index (χ0) is 15.1. The first-order chi connectivity index (χ1) is 10.0. The molecule has 3 heterocycles. The van der Waals surface area contributed by atoms with Crippen LogP contribution < -0.4 is 11.3 Å². The van der Waals surface area contributed by atoms with Gasteiger partial charge in [-0.25, -0.2) is 4.98 Å². The Morgan fingerprint density at radius 2 is 2.05 bits per heavy atom. The molecule has 0 spiro atoms. The van der Waals surface area contributed by atoms with E-state index >= 15 is 0 Å². The van der Waals surface area contributed by atoms with Crippen molar-refractivity contribution in [3.05, 3.63) is 22.7 Å². The van der Waals surface area contributed by atoms with E-state index in [1.54, 1.807) is 15.4 Å². The zero-order valence-corrected chi connectivity index (χ0v) is 12.2. The molecule has 3 aromatic heterocycles. The first-order valence-corrected chi connectivity index (χ1v) is 6.74. The number of nitrogens with two attached hydrogens (primary N) is 1. The molecular formula is C13H17N7O. The third-order valence-electron chi connectivity index (χ3n) is 3.42. The van der Waals surface area contributed by atoms with Gasteiger partial charge in [0.2, 0.25) is 5.95 Å². The molecule has 0 saturated heterocycles. The number of anilines is 1. The second kappa shape index (κ2) is 4.72. The number of imidazole rings is 1. The Labute approximate surface area is 120 Å². The van der Waals surface area contributed by atoms with Crippen LogP contribution in [0.5, 0.6) is 0 Å². The first kappa shape index (κ1) is 13.3. The molecule has 0 aliphatic heterocycles. The number of aromatic nitrogens is 6. The van der Waals surface area contributed by atoms with Crippen molar-refractivity contribution in [1.29, 1.82) is 0 Å². The lowest BCUT2D eigenvalue weighted by Gasteiger charge is -2.06. The van der Waals surface area contributed by atoms with Gasteiger partial charge >= 0.3 is 0 Å². The standard InChI is InChI=1S/C13H17N7O/c1-4-5-20-12(21)9-11(17-13(20)14)19(3)10(16-9)8-6-15-18(2)7-8/h6-7H,4-5H2,1-3H3,(H2,14,17). The highest BCUT2D eigenvalue weighted by Crippen LogP contribution is 2.20. The van der Waals surface area contributed by atoms with Crippen molar-refractivity contribution >= 4 is 17.1 Å². The quantitative estimate of drug-likeness (QED) is 0.757. The molecule has 0 atom stereocenters. The molecule has 3 rings (SSSR count). The number of rotatable bonds is 3. The highest BCUT2D eigenvalue weighted by molar-refractivity contribution is 5.77. The van der Waals surface area contributed by atoms with Crippen molar-refractivity contribution in [2.24, 2.45) is 14.1 Å². The summed E-state index contributed by atoms with van der Waals surface area (Å²) in [7, 11) is 3.64. The van der Waals surface area contributed by atoms with Crippen LogP contribution in [0.15, 0.2) is 17.2 Å². The van der Waals surface area contributed by atoms with E-state index in [4.69, 9.17) is 5.73 Å². The van der Waals surface area contributed by atoms with Crippen LogP contribution in [0.4, 0.5) is 5.95 Å². The van der Waals surface area contributed by atoms with Crippen LogP contribution in [0.3, 0.4) is 0 Å². The van der Waals surface area contributed by atoms with E-state index in [2.05, 4.69) is 15.1 Å².